The molecule has 3 nitrogen and oxygen atoms in total. The summed E-state index contributed by atoms with van der Waals surface area (Å²) in [7, 11) is 0. The molecular weight excluding hydrogens is 246 g/mol. The molecular formula is C17H25N3. The molecule has 20 heavy (non-hydrogen) atoms. The molecule has 0 amide bonds. The number of nitrogens with one attached hydrogen (secondary N) is 2. The van der Waals surface area contributed by atoms with Crippen LogP contribution in [0.15, 0.2) is 18.2 Å². The Morgan fingerprint density at radius 3 is 2.95 bits per heavy atom. The summed E-state index contributed by atoms with van der Waals surface area (Å²) >= 11 is 0. The third-order valence-electron chi connectivity index (χ3n) is 4.41. The second-order valence-corrected chi connectivity index (χ2v) is 5.84. The van der Waals surface area contributed by atoms with E-state index in [1.165, 1.54) is 40.7 Å². The van der Waals surface area contributed by atoms with Crippen LogP contribution >= 0.6 is 0 Å². The number of benzene rings is 1. The van der Waals surface area contributed by atoms with E-state index >= 15 is 0 Å². The van der Waals surface area contributed by atoms with Crippen LogP contribution in [0.4, 0.5) is 0 Å². The van der Waals surface area contributed by atoms with Gasteiger partial charge in [0.2, 0.25) is 0 Å². The van der Waals surface area contributed by atoms with Crippen LogP contribution in [-0.2, 0) is 13.0 Å². The first-order valence-electron chi connectivity index (χ1n) is 7.81. The fourth-order valence-electron chi connectivity index (χ4n) is 3.14. The fourth-order valence-corrected chi connectivity index (χ4v) is 3.14. The van der Waals surface area contributed by atoms with Gasteiger partial charge in [0.25, 0.3) is 0 Å². The molecule has 108 valence electrons. The van der Waals surface area contributed by atoms with Gasteiger partial charge in [-0.2, -0.15) is 0 Å². The zero-order chi connectivity index (χ0) is 13.9. The van der Waals surface area contributed by atoms with Gasteiger partial charge in [0.15, 0.2) is 0 Å². The van der Waals surface area contributed by atoms with Crippen molar-refractivity contribution in [3.63, 3.8) is 0 Å². The zero-order valence-electron chi connectivity index (χ0n) is 12.6. The van der Waals surface area contributed by atoms with Crippen LogP contribution in [-0.4, -0.2) is 36.1 Å². The number of nitrogens with zero attached hydrogens (tertiary/aromatic N) is 1. The number of aryl methyl sites for hydroxylation is 2. The Kier molecular flexibility index (Phi) is 4.08. The van der Waals surface area contributed by atoms with Gasteiger partial charge in [0.05, 0.1) is 0 Å². The van der Waals surface area contributed by atoms with Gasteiger partial charge >= 0.3 is 0 Å². The quantitative estimate of drug-likeness (QED) is 0.899. The highest BCUT2D eigenvalue weighted by molar-refractivity contribution is 5.85. The molecule has 2 N–H and O–H groups in total. The van der Waals surface area contributed by atoms with Gasteiger partial charge in [-0.3, -0.25) is 4.90 Å². The third-order valence-corrected chi connectivity index (χ3v) is 4.41. The second kappa shape index (κ2) is 5.98. The fraction of sp³-hybridized carbons (Fsp3) is 0.529. The van der Waals surface area contributed by atoms with Gasteiger partial charge in [-0.1, -0.05) is 13.0 Å². The van der Waals surface area contributed by atoms with E-state index in [4.69, 9.17) is 0 Å². The molecule has 1 aliphatic heterocycles. The molecule has 3 heteroatoms. The van der Waals surface area contributed by atoms with Crippen LogP contribution in [0.2, 0.25) is 0 Å². The highest BCUT2D eigenvalue weighted by Gasteiger charge is 2.14. The summed E-state index contributed by atoms with van der Waals surface area (Å²) in [5, 5.41) is 4.89. The maximum atomic E-state index is 3.54. The van der Waals surface area contributed by atoms with E-state index in [-0.39, 0.29) is 0 Å². The Balaban J connectivity index is 1.90. The second-order valence-electron chi connectivity index (χ2n) is 5.84. The zero-order valence-corrected chi connectivity index (χ0v) is 12.6. The van der Waals surface area contributed by atoms with Crippen molar-refractivity contribution in [1.29, 1.82) is 0 Å². The number of H-pyrrole nitrogens is 1. The van der Waals surface area contributed by atoms with Crippen LogP contribution < -0.4 is 5.32 Å². The average molecular weight is 271 g/mol. The molecule has 0 saturated carbocycles. The van der Waals surface area contributed by atoms with Gasteiger partial charge < -0.3 is 10.3 Å². The number of hydrogen-bond acceptors (Lipinski definition) is 2. The maximum absolute atomic E-state index is 3.54. The van der Waals surface area contributed by atoms with Crippen LogP contribution in [0.1, 0.15) is 30.2 Å². The first kappa shape index (κ1) is 13.7. The first-order chi connectivity index (χ1) is 9.78. The van der Waals surface area contributed by atoms with Gasteiger partial charge in [0, 0.05) is 36.2 Å². The highest BCUT2D eigenvalue weighted by Crippen LogP contribution is 2.25. The van der Waals surface area contributed by atoms with Crippen molar-refractivity contribution in [2.24, 2.45) is 0 Å². The van der Waals surface area contributed by atoms with E-state index in [1.807, 2.05) is 0 Å². The lowest BCUT2D eigenvalue weighted by atomic mass is 10.1. The topological polar surface area (TPSA) is 31.1 Å². The molecule has 1 aromatic heterocycles. The van der Waals surface area contributed by atoms with Crippen LogP contribution in [0.25, 0.3) is 10.9 Å². The lowest BCUT2D eigenvalue weighted by molar-refractivity contribution is 0.285. The van der Waals surface area contributed by atoms with Crippen molar-refractivity contribution in [1.82, 2.24) is 15.2 Å². The van der Waals surface area contributed by atoms with Crippen molar-refractivity contribution in [2.75, 3.05) is 26.2 Å². The largest absolute Gasteiger partial charge is 0.358 e. The molecule has 0 aliphatic carbocycles. The van der Waals surface area contributed by atoms with Crippen LogP contribution in [0.5, 0.6) is 0 Å². The molecule has 0 radical (unpaired) electrons. The molecule has 3 rings (SSSR count). The third kappa shape index (κ3) is 2.74. The van der Waals surface area contributed by atoms with E-state index in [0.717, 1.165) is 32.6 Å². The smallest absolute Gasteiger partial charge is 0.0459 e. The lowest BCUT2D eigenvalue weighted by Crippen LogP contribution is -2.27. The van der Waals surface area contributed by atoms with E-state index in [2.05, 4.69) is 47.2 Å². The molecule has 2 aromatic rings. The van der Waals surface area contributed by atoms with Crippen molar-refractivity contribution in [3.8, 4) is 0 Å². The minimum absolute atomic E-state index is 1.07. The molecule has 1 aliphatic rings. The average Bonchev–Trinajstić information content (AvgIpc) is 2.65. The van der Waals surface area contributed by atoms with Gasteiger partial charge in [-0.05, 0) is 56.1 Å². The van der Waals surface area contributed by atoms with Gasteiger partial charge in [-0.15, -0.1) is 0 Å². The maximum Gasteiger partial charge on any atom is 0.0459 e. The van der Waals surface area contributed by atoms with E-state index in [9.17, 15) is 0 Å². The number of aromatic nitrogens is 1. The minimum Gasteiger partial charge on any atom is -0.358 e. The number of hydrogen-bond donors (Lipinski definition) is 2. The predicted molar refractivity (Wildman–Crippen MR) is 85.2 cm³/mol. The molecule has 1 saturated heterocycles. The Morgan fingerprint density at radius 2 is 2.10 bits per heavy atom. The molecule has 0 atom stereocenters. The van der Waals surface area contributed by atoms with Crippen molar-refractivity contribution in [3.05, 3.63) is 35.0 Å². The Hall–Kier alpha value is -1.32. The van der Waals surface area contributed by atoms with E-state index in [0.29, 0.717) is 0 Å². The number of aromatic amines is 1. The Morgan fingerprint density at radius 1 is 1.20 bits per heavy atom. The summed E-state index contributed by atoms with van der Waals surface area (Å²) in [6.07, 6.45) is 2.36. The summed E-state index contributed by atoms with van der Waals surface area (Å²) < 4.78 is 0. The van der Waals surface area contributed by atoms with Crippen molar-refractivity contribution < 1.29 is 0 Å². The van der Waals surface area contributed by atoms with Crippen LogP contribution in [0.3, 0.4) is 0 Å². The first-order valence-corrected chi connectivity index (χ1v) is 7.81. The Bertz CT molecular complexity index is 577. The summed E-state index contributed by atoms with van der Waals surface area (Å²) in [6, 6.07) is 6.83. The summed E-state index contributed by atoms with van der Waals surface area (Å²) in [5.41, 5.74) is 5.51. The standard InChI is InChI=1S/C17H25N3/c1-3-14-5-6-17-15(11-14)16(13(2)19-17)12-20-9-4-7-18-8-10-20/h5-6,11,18-19H,3-4,7-10,12H2,1-2H3. The lowest BCUT2D eigenvalue weighted by Gasteiger charge is -2.19. The monoisotopic (exact) mass is 271 g/mol. The van der Waals surface area contributed by atoms with Gasteiger partial charge in [0.1, 0.15) is 0 Å². The van der Waals surface area contributed by atoms with Crippen molar-refractivity contribution >= 4 is 10.9 Å². The number of rotatable bonds is 3. The molecule has 0 unspecified atom stereocenters. The van der Waals surface area contributed by atoms with Crippen molar-refractivity contribution in [2.45, 2.75) is 33.2 Å². The normalized spacial score (nSPS) is 17.5. The molecule has 2 heterocycles. The SMILES string of the molecule is CCc1ccc2[nH]c(C)c(CN3CCCNCC3)c2c1. The highest BCUT2D eigenvalue weighted by atomic mass is 15.1. The predicted octanol–water partition coefficient (Wildman–Crippen LogP) is 2.83. The molecule has 1 fully saturated rings. The minimum atomic E-state index is 1.07. The molecule has 0 bridgehead atoms. The summed E-state index contributed by atoms with van der Waals surface area (Å²) in [5.74, 6) is 0. The van der Waals surface area contributed by atoms with Crippen LogP contribution in [0, 0.1) is 6.92 Å². The summed E-state index contributed by atoms with van der Waals surface area (Å²) in [6.45, 7) is 10.1. The van der Waals surface area contributed by atoms with Gasteiger partial charge in [-0.25, -0.2) is 0 Å². The van der Waals surface area contributed by atoms with E-state index in [1.54, 1.807) is 0 Å². The number of fused-ring (bicyclic) bond motifs is 1. The molecule has 1 aromatic carbocycles. The Labute approximate surface area is 121 Å². The van der Waals surface area contributed by atoms with E-state index < -0.39 is 0 Å². The molecule has 0 spiro atoms. The summed E-state index contributed by atoms with van der Waals surface area (Å²) in [4.78, 5) is 6.12.